The minimum absolute atomic E-state index is 0.0354. The fourth-order valence-electron chi connectivity index (χ4n) is 2.81. The Morgan fingerprint density at radius 1 is 0.923 bits per heavy atom. The smallest absolute Gasteiger partial charge is 0.345 e. The van der Waals surface area contributed by atoms with Crippen LogP contribution in [0.1, 0.15) is 72.1 Å². The molecule has 0 heterocycles. The van der Waals surface area contributed by atoms with Crippen LogP contribution >= 0.6 is 0 Å². The highest BCUT2D eigenvalue weighted by atomic mass is 16.6. The van der Waals surface area contributed by atoms with Gasteiger partial charge in [0, 0.05) is 5.41 Å². The van der Waals surface area contributed by atoms with Crippen molar-refractivity contribution in [1.82, 2.24) is 0 Å². The van der Waals surface area contributed by atoms with Gasteiger partial charge in [-0.3, -0.25) is 0 Å². The highest BCUT2D eigenvalue weighted by Gasteiger charge is 2.30. The Balaban J connectivity index is 3.03. The van der Waals surface area contributed by atoms with E-state index in [1.54, 1.807) is 6.08 Å². The van der Waals surface area contributed by atoms with Gasteiger partial charge in [-0.25, -0.2) is 9.59 Å². The van der Waals surface area contributed by atoms with Gasteiger partial charge in [0.05, 0.1) is 13.2 Å². The number of esters is 2. The van der Waals surface area contributed by atoms with Gasteiger partial charge in [0.25, 0.3) is 0 Å². The molecule has 0 N–H and O–H groups in total. The Labute approximate surface area is 158 Å². The maximum atomic E-state index is 12.5. The van der Waals surface area contributed by atoms with Crippen LogP contribution in [0.25, 0.3) is 0 Å². The summed E-state index contributed by atoms with van der Waals surface area (Å²) in [5.41, 5.74) is -0.290. The van der Waals surface area contributed by atoms with Crippen molar-refractivity contribution in [3.05, 3.63) is 36.0 Å². The summed E-state index contributed by atoms with van der Waals surface area (Å²) in [4.78, 5) is 25.1. The quantitative estimate of drug-likeness (QED) is 0.156. The molecule has 4 nitrogen and oxygen atoms in total. The molecule has 146 valence electrons. The number of carbonyl (C=O) groups excluding carboxylic acids is 2. The van der Waals surface area contributed by atoms with Gasteiger partial charge in [0.1, 0.15) is 5.57 Å². The molecule has 0 amide bonds. The minimum atomic E-state index is -0.571. The molecule has 26 heavy (non-hydrogen) atoms. The third-order valence-corrected chi connectivity index (χ3v) is 4.50. The third-order valence-electron chi connectivity index (χ3n) is 4.50. The molecule has 1 rings (SSSR count). The van der Waals surface area contributed by atoms with E-state index in [0.29, 0.717) is 13.2 Å². The van der Waals surface area contributed by atoms with E-state index in [4.69, 9.17) is 9.47 Å². The van der Waals surface area contributed by atoms with Gasteiger partial charge in [-0.2, -0.15) is 0 Å². The Morgan fingerprint density at radius 2 is 1.50 bits per heavy atom. The third kappa shape index (κ3) is 7.59. The van der Waals surface area contributed by atoms with Crippen LogP contribution in [0.15, 0.2) is 36.0 Å². The van der Waals surface area contributed by atoms with Gasteiger partial charge in [-0.1, -0.05) is 76.8 Å². The van der Waals surface area contributed by atoms with Crippen molar-refractivity contribution in [2.24, 2.45) is 5.41 Å². The second-order valence-electron chi connectivity index (χ2n) is 6.87. The van der Waals surface area contributed by atoms with Crippen LogP contribution in [-0.4, -0.2) is 25.2 Å². The van der Waals surface area contributed by atoms with Gasteiger partial charge >= 0.3 is 11.9 Å². The SMILES string of the molecule is CCCCOC(=O)C(=CC1(CCCC)C=CC=CC1)C(=O)OCCCC. The molecule has 0 fully saturated rings. The van der Waals surface area contributed by atoms with E-state index in [2.05, 4.69) is 19.1 Å². The zero-order valence-electron chi connectivity index (χ0n) is 16.6. The molecule has 1 atom stereocenters. The molecule has 1 aliphatic carbocycles. The number of ether oxygens (including phenoxy) is 2. The van der Waals surface area contributed by atoms with E-state index >= 15 is 0 Å². The number of allylic oxidation sites excluding steroid dienone is 5. The van der Waals surface area contributed by atoms with Gasteiger partial charge in [0.15, 0.2) is 0 Å². The average molecular weight is 363 g/mol. The van der Waals surface area contributed by atoms with Gasteiger partial charge < -0.3 is 9.47 Å². The summed E-state index contributed by atoms with van der Waals surface area (Å²) in [5.74, 6) is -1.14. The van der Waals surface area contributed by atoms with Crippen molar-refractivity contribution in [1.29, 1.82) is 0 Å². The Kier molecular flexibility index (Phi) is 10.7. The summed E-state index contributed by atoms with van der Waals surface area (Å²) in [6, 6.07) is 0. The number of hydrogen-bond donors (Lipinski definition) is 0. The highest BCUT2D eigenvalue weighted by Crippen LogP contribution is 2.36. The molecule has 4 heteroatoms. The molecule has 0 spiro atoms. The Bertz CT molecular complexity index is 506. The summed E-state index contributed by atoms with van der Waals surface area (Å²) in [6.45, 7) is 6.85. The summed E-state index contributed by atoms with van der Waals surface area (Å²) < 4.78 is 10.6. The molecular formula is C22H34O4. The molecule has 0 saturated heterocycles. The van der Waals surface area contributed by atoms with Crippen molar-refractivity contribution >= 4 is 11.9 Å². The molecule has 0 radical (unpaired) electrons. The molecule has 0 aromatic heterocycles. The van der Waals surface area contributed by atoms with Crippen LogP contribution in [0.2, 0.25) is 0 Å². The number of unbranched alkanes of at least 4 members (excludes halogenated alkanes) is 3. The fourth-order valence-corrected chi connectivity index (χ4v) is 2.81. The first-order valence-electron chi connectivity index (χ1n) is 10.00. The van der Waals surface area contributed by atoms with E-state index in [9.17, 15) is 9.59 Å². The molecule has 1 unspecified atom stereocenters. The lowest BCUT2D eigenvalue weighted by atomic mass is 9.76. The summed E-state index contributed by atoms with van der Waals surface area (Å²) >= 11 is 0. The topological polar surface area (TPSA) is 52.6 Å². The molecule has 0 bridgehead atoms. The Hall–Kier alpha value is -1.84. The lowest BCUT2D eigenvalue weighted by Gasteiger charge is -2.28. The van der Waals surface area contributed by atoms with Crippen molar-refractivity contribution in [2.75, 3.05) is 13.2 Å². The molecular weight excluding hydrogens is 328 g/mol. The molecule has 0 aliphatic heterocycles. The lowest BCUT2D eigenvalue weighted by Crippen LogP contribution is -2.24. The fraction of sp³-hybridized carbons (Fsp3) is 0.636. The normalized spacial score (nSPS) is 18.4. The second kappa shape index (κ2) is 12.5. The summed E-state index contributed by atoms with van der Waals surface area (Å²) in [5, 5.41) is 0. The van der Waals surface area contributed by atoms with Crippen molar-refractivity contribution in [3.8, 4) is 0 Å². The van der Waals surface area contributed by atoms with E-state index in [0.717, 1.165) is 51.4 Å². The first-order chi connectivity index (χ1) is 12.6. The van der Waals surface area contributed by atoms with Crippen LogP contribution in [0.3, 0.4) is 0 Å². The van der Waals surface area contributed by atoms with Crippen LogP contribution in [0.4, 0.5) is 0 Å². The lowest BCUT2D eigenvalue weighted by molar-refractivity contribution is -0.147. The zero-order valence-corrected chi connectivity index (χ0v) is 16.6. The first-order valence-corrected chi connectivity index (χ1v) is 10.00. The molecule has 0 aromatic carbocycles. The van der Waals surface area contributed by atoms with Crippen molar-refractivity contribution < 1.29 is 19.1 Å². The number of carbonyl (C=O) groups is 2. The van der Waals surface area contributed by atoms with Crippen LogP contribution < -0.4 is 0 Å². The predicted octanol–water partition coefficient (Wildman–Crippen LogP) is 5.29. The average Bonchev–Trinajstić information content (AvgIpc) is 2.65. The van der Waals surface area contributed by atoms with Crippen LogP contribution in [0, 0.1) is 5.41 Å². The monoisotopic (exact) mass is 362 g/mol. The second-order valence-corrected chi connectivity index (χ2v) is 6.87. The van der Waals surface area contributed by atoms with E-state index in [1.165, 1.54) is 0 Å². The van der Waals surface area contributed by atoms with Crippen LogP contribution in [0.5, 0.6) is 0 Å². The summed E-state index contributed by atoms with van der Waals surface area (Å²) in [6.07, 6.45) is 17.1. The zero-order chi connectivity index (χ0) is 19.3. The van der Waals surface area contributed by atoms with Crippen molar-refractivity contribution in [3.63, 3.8) is 0 Å². The molecule has 1 aliphatic rings. The number of rotatable bonds is 12. The van der Waals surface area contributed by atoms with E-state index in [-0.39, 0.29) is 11.0 Å². The van der Waals surface area contributed by atoms with Crippen molar-refractivity contribution in [2.45, 2.75) is 72.1 Å². The number of hydrogen-bond acceptors (Lipinski definition) is 4. The summed E-state index contributed by atoms with van der Waals surface area (Å²) in [7, 11) is 0. The minimum Gasteiger partial charge on any atom is -0.462 e. The highest BCUT2D eigenvalue weighted by molar-refractivity contribution is 6.14. The maximum absolute atomic E-state index is 12.5. The van der Waals surface area contributed by atoms with Gasteiger partial charge in [-0.15, -0.1) is 0 Å². The molecule has 0 saturated carbocycles. The predicted molar refractivity (Wildman–Crippen MR) is 105 cm³/mol. The standard InChI is InChI=1S/C22H34O4/c1-4-7-13-22(14-11-10-12-15-22)18-19(20(23)25-16-8-5-2)21(24)26-17-9-6-3/h10-12,14,18H,4-9,13,15-17H2,1-3H3. The van der Waals surface area contributed by atoms with E-state index < -0.39 is 11.9 Å². The van der Waals surface area contributed by atoms with E-state index in [1.807, 2.05) is 26.0 Å². The molecule has 0 aromatic rings. The maximum Gasteiger partial charge on any atom is 0.345 e. The van der Waals surface area contributed by atoms with Gasteiger partial charge in [-0.05, 0) is 25.7 Å². The van der Waals surface area contributed by atoms with Crippen LogP contribution in [-0.2, 0) is 19.1 Å². The largest absolute Gasteiger partial charge is 0.462 e. The Morgan fingerprint density at radius 3 is 1.96 bits per heavy atom. The first kappa shape index (κ1) is 22.2. The van der Waals surface area contributed by atoms with Gasteiger partial charge in [0.2, 0.25) is 0 Å².